The molecule has 9 heteroatoms. The molecule has 1 amide bonds. The van der Waals surface area contributed by atoms with E-state index in [-0.39, 0.29) is 16.5 Å². The number of hydrogen-bond acceptors (Lipinski definition) is 4. The summed E-state index contributed by atoms with van der Waals surface area (Å²) in [5.41, 5.74) is 0.655. The zero-order chi connectivity index (χ0) is 21.0. The van der Waals surface area contributed by atoms with Gasteiger partial charge in [0.15, 0.2) is 0 Å². The zero-order valence-electron chi connectivity index (χ0n) is 16.0. The molecule has 0 saturated heterocycles. The molecule has 0 aliphatic heterocycles. The van der Waals surface area contributed by atoms with Crippen molar-refractivity contribution in [3.05, 3.63) is 72.2 Å². The van der Waals surface area contributed by atoms with Crippen molar-refractivity contribution in [1.29, 1.82) is 0 Å². The maximum absolute atomic E-state index is 13.0. The van der Waals surface area contributed by atoms with E-state index in [2.05, 4.69) is 29.0 Å². The first kappa shape index (κ1) is 20.5. The summed E-state index contributed by atoms with van der Waals surface area (Å²) in [6, 6.07) is 12.2. The third-order valence-corrected chi connectivity index (χ3v) is 5.42. The first-order chi connectivity index (χ1) is 13.7. The molecule has 2 N–H and O–H groups in total. The summed E-state index contributed by atoms with van der Waals surface area (Å²) in [4.78, 5) is 12.4. The molecule has 0 unspecified atom stereocenters. The summed E-state index contributed by atoms with van der Waals surface area (Å²) < 4.78 is 41.8. The van der Waals surface area contributed by atoms with E-state index >= 15 is 0 Å². The minimum atomic E-state index is -3.85. The van der Waals surface area contributed by atoms with Crippen molar-refractivity contribution in [1.82, 2.24) is 9.78 Å². The molecule has 1 heterocycles. The van der Waals surface area contributed by atoms with Gasteiger partial charge >= 0.3 is 0 Å². The van der Waals surface area contributed by atoms with E-state index < -0.39 is 15.8 Å². The van der Waals surface area contributed by atoms with E-state index in [1.54, 1.807) is 16.9 Å². The fraction of sp³-hybridized carbons (Fsp3) is 0.200. The molecule has 0 atom stereocenters. The van der Waals surface area contributed by atoms with Crippen molar-refractivity contribution in [2.75, 3.05) is 10.0 Å². The van der Waals surface area contributed by atoms with Gasteiger partial charge in [-0.2, -0.15) is 5.10 Å². The van der Waals surface area contributed by atoms with Crippen LogP contribution in [0.25, 0.3) is 0 Å². The number of halogens is 1. The third kappa shape index (κ3) is 5.20. The highest BCUT2D eigenvalue weighted by Gasteiger charge is 2.15. The van der Waals surface area contributed by atoms with Crippen molar-refractivity contribution < 1.29 is 17.6 Å². The van der Waals surface area contributed by atoms with Gasteiger partial charge in [0.2, 0.25) is 0 Å². The van der Waals surface area contributed by atoms with E-state index in [9.17, 15) is 17.6 Å². The second kappa shape index (κ2) is 8.44. The quantitative estimate of drug-likeness (QED) is 0.614. The Labute approximate surface area is 168 Å². The van der Waals surface area contributed by atoms with Gasteiger partial charge in [0.05, 0.1) is 11.1 Å². The van der Waals surface area contributed by atoms with Crippen LogP contribution >= 0.6 is 0 Å². The molecule has 3 rings (SSSR count). The first-order valence-electron chi connectivity index (χ1n) is 8.96. The van der Waals surface area contributed by atoms with Gasteiger partial charge in [-0.25, -0.2) is 17.5 Å². The summed E-state index contributed by atoms with van der Waals surface area (Å²) in [5.74, 6) is 0.112. The summed E-state index contributed by atoms with van der Waals surface area (Å²) >= 11 is 0. The molecule has 7 nitrogen and oxygen atoms in total. The smallest absolute Gasteiger partial charge is 0.261 e. The number of nitrogens with one attached hydrogen (secondary N) is 2. The Morgan fingerprint density at radius 1 is 1.07 bits per heavy atom. The first-order valence-corrected chi connectivity index (χ1v) is 10.4. The minimum Gasteiger partial charge on any atom is -0.307 e. The van der Waals surface area contributed by atoms with E-state index in [1.807, 2.05) is 0 Å². The minimum absolute atomic E-state index is 0.0564. The van der Waals surface area contributed by atoms with Crippen LogP contribution in [0.15, 0.2) is 65.7 Å². The highest BCUT2D eigenvalue weighted by atomic mass is 32.2. The van der Waals surface area contributed by atoms with Crippen LogP contribution in [0.1, 0.15) is 24.2 Å². The van der Waals surface area contributed by atoms with Crippen LogP contribution in [-0.2, 0) is 16.6 Å². The Bertz CT molecular complexity index is 1090. The Morgan fingerprint density at radius 2 is 1.72 bits per heavy atom. The molecule has 0 saturated carbocycles. The number of aromatic nitrogens is 2. The number of hydrogen-bond donors (Lipinski definition) is 2. The number of anilines is 2. The molecule has 29 heavy (non-hydrogen) atoms. The largest absolute Gasteiger partial charge is 0.307 e. The van der Waals surface area contributed by atoms with Gasteiger partial charge in [-0.1, -0.05) is 13.8 Å². The molecule has 0 bridgehead atoms. The standard InChI is InChI=1S/C20H21FN4O3S/c1-14(2)13-25-19(11-12-22-25)23-20(26)15-3-7-17(8-4-15)24-29(27,28)18-9-5-16(21)6-10-18/h3-12,14,24H,13H2,1-2H3,(H,23,26). The van der Waals surface area contributed by atoms with Crippen LogP contribution in [0.4, 0.5) is 15.9 Å². The van der Waals surface area contributed by atoms with Gasteiger partial charge in [-0.05, 0) is 54.4 Å². The lowest BCUT2D eigenvalue weighted by Gasteiger charge is -2.11. The lowest BCUT2D eigenvalue weighted by atomic mass is 10.2. The molecule has 0 radical (unpaired) electrons. The van der Waals surface area contributed by atoms with E-state index in [0.717, 1.165) is 12.1 Å². The summed E-state index contributed by atoms with van der Waals surface area (Å²) in [7, 11) is -3.85. The van der Waals surface area contributed by atoms with Crippen molar-refractivity contribution in [3.63, 3.8) is 0 Å². The number of carbonyl (C=O) groups excluding carboxylic acids is 1. The Kier molecular flexibility index (Phi) is 5.97. The summed E-state index contributed by atoms with van der Waals surface area (Å²) in [5, 5.41) is 6.99. The maximum Gasteiger partial charge on any atom is 0.261 e. The molecular formula is C20H21FN4O3S. The molecule has 152 valence electrons. The van der Waals surface area contributed by atoms with Gasteiger partial charge < -0.3 is 5.32 Å². The van der Waals surface area contributed by atoms with Gasteiger partial charge in [-0.15, -0.1) is 0 Å². The molecule has 0 aliphatic rings. The van der Waals surface area contributed by atoms with E-state index in [0.29, 0.717) is 23.8 Å². The Hall–Kier alpha value is -3.20. The van der Waals surface area contributed by atoms with Crippen molar-refractivity contribution in [3.8, 4) is 0 Å². The number of carbonyl (C=O) groups is 1. The lowest BCUT2D eigenvalue weighted by molar-refractivity contribution is 0.102. The molecule has 2 aromatic carbocycles. The third-order valence-electron chi connectivity index (χ3n) is 4.02. The number of amides is 1. The van der Waals surface area contributed by atoms with Crippen LogP contribution in [0.3, 0.4) is 0 Å². The Balaban J connectivity index is 1.69. The van der Waals surface area contributed by atoms with Crippen LogP contribution < -0.4 is 10.0 Å². The number of benzene rings is 2. The number of sulfonamides is 1. The molecule has 0 fully saturated rings. The van der Waals surface area contributed by atoms with Crippen molar-refractivity contribution >= 4 is 27.4 Å². The monoisotopic (exact) mass is 416 g/mol. The fourth-order valence-electron chi connectivity index (χ4n) is 2.64. The highest BCUT2D eigenvalue weighted by Crippen LogP contribution is 2.18. The molecular weight excluding hydrogens is 395 g/mol. The topological polar surface area (TPSA) is 93.1 Å². The van der Waals surface area contributed by atoms with Gasteiger partial charge in [0.25, 0.3) is 15.9 Å². The number of nitrogens with zero attached hydrogens (tertiary/aromatic N) is 2. The van der Waals surface area contributed by atoms with Gasteiger partial charge in [-0.3, -0.25) is 9.52 Å². The summed E-state index contributed by atoms with van der Waals surface area (Å²) in [6.07, 6.45) is 1.62. The van der Waals surface area contributed by atoms with Crippen LogP contribution in [0.2, 0.25) is 0 Å². The molecule has 1 aromatic heterocycles. The normalized spacial score (nSPS) is 11.4. The maximum atomic E-state index is 13.0. The van der Waals surface area contributed by atoms with Gasteiger partial charge in [0.1, 0.15) is 11.6 Å². The summed E-state index contributed by atoms with van der Waals surface area (Å²) in [6.45, 7) is 4.78. The van der Waals surface area contributed by atoms with Crippen LogP contribution in [0, 0.1) is 11.7 Å². The SMILES string of the molecule is CC(C)Cn1nccc1NC(=O)c1ccc(NS(=O)(=O)c2ccc(F)cc2)cc1. The molecule has 3 aromatic rings. The Morgan fingerprint density at radius 3 is 2.34 bits per heavy atom. The molecule has 0 aliphatic carbocycles. The van der Waals surface area contributed by atoms with Crippen LogP contribution in [0.5, 0.6) is 0 Å². The lowest BCUT2D eigenvalue weighted by Crippen LogP contribution is -2.17. The molecule has 0 spiro atoms. The predicted molar refractivity (Wildman–Crippen MR) is 109 cm³/mol. The number of rotatable bonds is 7. The second-order valence-electron chi connectivity index (χ2n) is 6.88. The second-order valence-corrected chi connectivity index (χ2v) is 8.57. The predicted octanol–water partition coefficient (Wildman–Crippen LogP) is 3.73. The average Bonchev–Trinajstić information content (AvgIpc) is 3.08. The van der Waals surface area contributed by atoms with Crippen molar-refractivity contribution in [2.24, 2.45) is 5.92 Å². The zero-order valence-corrected chi connectivity index (χ0v) is 16.8. The average molecular weight is 416 g/mol. The van der Waals surface area contributed by atoms with Crippen molar-refractivity contribution in [2.45, 2.75) is 25.3 Å². The fourth-order valence-corrected chi connectivity index (χ4v) is 3.69. The van der Waals surface area contributed by atoms with Gasteiger partial charge in [0, 0.05) is 23.9 Å². The van der Waals surface area contributed by atoms with E-state index in [4.69, 9.17) is 0 Å². The highest BCUT2D eigenvalue weighted by molar-refractivity contribution is 7.92. The van der Waals surface area contributed by atoms with Crippen LogP contribution in [-0.4, -0.2) is 24.1 Å². The van der Waals surface area contributed by atoms with E-state index in [1.165, 1.54) is 36.4 Å².